The third-order valence-electron chi connectivity index (χ3n) is 2.67. The van der Waals surface area contributed by atoms with Gasteiger partial charge in [-0.05, 0) is 35.4 Å². The van der Waals surface area contributed by atoms with Crippen LogP contribution >= 0.6 is 0 Å². The molecule has 106 valence electrons. The fourth-order valence-corrected chi connectivity index (χ4v) is 1.60. The predicted molar refractivity (Wildman–Crippen MR) is 77.5 cm³/mol. The summed E-state index contributed by atoms with van der Waals surface area (Å²) in [5.41, 5.74) is 3.15. The van der Waals surface area contributed by atoms with Crippen molar-refractivity contribution in [2.45, 2.75) is 0 Å². The molecule has 2 aromatic rings. The van der Waals surface area contributed by atoms with Crippen LogP contribution < -0.4 is 5.48 Å². The minimum atomic E-state index is -0.594. The van der Waals surface area contributed by atoms with Gasteiger partial charge in [-0.3, -0.25) is 14.8 Å². The van der Waals surface area contributed by atoms with Crippen LogP contribution in [0, 0.1) is 0 Å². The van der Waals surface area contributed by atoms with Crippen LogP contribution in [0.1, 0.15) is 21.7 Å². The highest BCUT2D eigenvalue weighted by atomic mass is 16.5. The number of ketones is 1. The zero-order valence-corrected chi connectivity index (χ0v) is 11.0. The summed E-state index contributed by atoms with van der Waals surface area (Å²) in [6.45, 7) is 0. The lowest BCUT2D eigenvalue weighted by Gasteiger charge is -1.96. The van der Waals surface area contributed by atoms with Crippen molar-refractivity contribution in [2.75, 3.05) is 0 Å². The average molecular weight is 283 g/mol. The Morgan fingerprint density at radius 2 is 1.62 bits per heavy atom. The summed E-state index contributed by atoms with van der Waals surface area (Å²) >= 11 is 0. The van der Waals surface area contributed by atoms with Gasteiger partial charge >= 0.3 is 0 Å². The number of allylic oxidation sites excluding steroid dienone is 1. The predicted octanol–water partition coefficient (Wildman–Crippen LogP) is 2.69. The lowest BCUT2D eigenvalue weighted by molar-refractivity contribution is -0.124. The Bertz CT molecular complexity index is 667. The fraction of sp³-hybridized carbons (Fsp3) is 0. The molecule has 1 aromatic carbocycles. The number of rotatable bonds is 5. The quantitative estimate of drug-likeness (QED) is 0.382. The maximum atomic E-state index is 11.7. The number of carbonyl (C=O) groups excluding carboxylic acids is 2. The molecule has 1 aromatic heterocycles. The lowest BCUT2D eigenvalue weighted by atomic mass is 10.1. The van der Waals surface area contributed by atoms with Gasteiger partial charge in [0.1, 0.15) is 0 Å². The van der Waals surface area contributed by atoms with E-state index >= 15 is 0 Å². The van der Waals surface area contributed by atoms with Gasteiger partial charge in [0, 0.05) is 6.08 Å². The maximum absolute atomic E-state index is 11.7. The summed E-state index contributed by atoms with van der Waals surface area (Å²) in [7, 11) is 0. The third kappa shape index (κ3) is 4.29. The highest BCUT2D eigenvalue weighted by molar-refractivity contribution is 6.04. The molecule has 0 spiro atoms. The van der Waals surface area contributed by atoms with Crippen molar-refractivity contribution in [1.82, 2.24) is 5.48 Å². The third-order valence-corrected chi connectivity index (χ3v) is 2.67. The first kappa shape index (κ1) is 14.5. The molecule has 0 saturated heterocycles. The topological polar surface area (TPSA) is 79.5 Å². The summed E-state index contributed by atoms with van der Waals surface area (Å²) in [5.74, 6) is -0.507. The van der Waals surface area contributed by atoms with Crippen LogP contribution in [0.4, 0.5) is 0 Å². The summed E-state index contributed by atoms with van der Waals surface area (Å²) in [5, 5.41) is 8.36. The van der Waals surface area contributed by atoms with Crippen molar-refractivity contribution >= 4 is 23.8 Å². The molecule has 0 saturated carbocycles. The number of benzene rings is 1. The molecule has 0 fully saturated rings. The van der Waals surface area contributed by atoms with Crippen LogP contribution in [0.3, 0.4) is 0 Å². The van der Waals surface area contributed by atoms with Gasteiger partial charge in [0.2, 0.25) is 5.78 Å². The minimum Gasteiger partial charge on any atom is -0.461 e. The van der Waals surface area contributed by atoms with E-state index in [1.165, 1.54) is 23.9 Å². The molecule has 0 aliphatic carbocycles. The second kappa shape index (κ2) is 7.02. The van der Waals surface area contributed by atoms with E-state index in [1.807, 2.05) is 12.1 Å². The number of furan rings is 1. The highest BCUT2D eigenvalue weighted by Gasteiger charge is 2.03. The smallest absolute Gasteiger partial charge is 0.267 e. The normalized spacial score (nSPS) is 11.1. The van der Waals surface area contributed by atoms with Crippen molar-refractivity contribution in [3.8, 4) is 0 Å². The summed E-state index contributed by atoms with van der Waals surface area (Å²) in [6.07, 6.45) is 7.34. The van der Waals surface area contributed by atoms with Gasteiger partial charge in [-0.1, -0.05) is 30.3 Å². The molecule has 0 aliphatic rings. The Morgan fingerprint density at radius 1 is 1.00 bits per heavy atom. The first-order chi connectivity index (χ1) is 10.2. The van der Waals surface area contributed by atoms with Gasteiger partial charge in [-0.25, -0.2) is 5.48 Å². The number of nitrogens with one attached hydrogen (secondary N) is 1. The molecule has 2 rings (SSSR count). The second-order valence-corrected chi connectivity index (χ2v) is 4.15. The molecular weight excluding hydrogens is 270 g/mol. The number of hydrogen-bond acceptors (Lipinski definition) is 4. The van der Waals surface area contributed by atoms with E-state index in [4.69, 9.17) is 9.62 Å². The van der Waals surface area contributed by atoms with Gasteiger partial charge < -0.3 is 4.42 Å². The zero-order chi connectivity index (χ0) is 15.1. The van der Waals surface area contributed by atoms with Crippen LogP contribution in [0.15, 0.2) is 59.2 Å². The molecule has 1 heterocycles. The van der Waals surface area contributed by atoms with Crippen molar-refractivity contribution < 1.29 is 19.2 Å². The molecule has 5 heteroatoms. The van der Waals surface area contributed by atoms with Gasteiger partial charge in [-0.2, -0.15) is 0 Å². The molecule has 0 aliphatic heterocycles. The van der Waals surface area contributed by atoms with E-state index in [2.05, 4.69) is 0 Å². The fourth-order valence-electron chi connectivity index (χ4n) is 1.60. The van der Waals surface area contributed by atoms with E-state index < -0.39 is 5.91 Å². The summed E-state index contributed by atoms with van der Waals surface area (Å²) in [6, 6.07) is 10.5. The Kier molecular flexibility index (Phi) is 4.84. The van der Waals surface area contributed by atoms with Gasteiger partial charge in [0.05, 0.1) is 6.26 Å². The Morgan fingerprint density at radius 3 is 2.14 bits per heavy atom. The molecular formula is C16H13NO4. The van der Waals surface area contributed by atoms with Crippen molar-refractivity contribution in [1.29, 1.82) is 0 Å². The van der Waals surface area contributed by atoms with Crippen molar-refractivity contribution in [3.63, 3.8) is 0 Å². The zero-order valence-electron chi connectivity index (χ0n) is 11.0. The number of carbonyl (C=O) groups is 2. The molecule has 0 atom stereocenters. The first-order valence-corrected chi connectivity index (χ1v) is 6.17. The van der Waals surface area contributed by atoms with Crippen LogP contribution in [-0.4, -0.2) is 16.9 Å². The van der Waals surface area contributed by atoms with E-state index in [9.17, 15) is 9.59 Å². The first-order valence-electron chi connectivity index (χ1n) is 6.17. The Labute approximate surface area is 121 Å². The van der Waals surface area contributed by atoms with Gasteiger partial charge in [0.25, 0.3) is 5.91 Å². The minimum absolute atomic E-state index is 0.205. The molecule has 0 bridgehead atoms. The monoisotopic (exact) mass is 283 g/mol. The molecule has 0 unspecified atom stereocenters. The van der Waals surface area contributed by atoms with E-state index in [0.29, 0.717) is 5.76 Å². The van der Waals surface area contributed by atoms with Gasteiger partial charge in [-0.15, -0.1) is 0 Å². The van der Waals surface area contributed by atoms with Crippen LogP contribution in [0.5, 0.6) is 0 Å². The maximum Gasteiger partial charge on any atom is 0.267 e. The number of amides is 1. The largest absolute Gasteiger partial charge is 0.461 e. The molecule has 1 amide bonds. The van der Waals surface area contributed by atoms with E-state index in [0.717, 1.165) is 11.1 Å². The molecule has 0 radical (unpaired) electrons. The highest BCUT2D eigenvalue weighted by Crippen LogP contribution is 2.09. The van der Waals surface area contributed by atoms with Gasteiger partial charge in [0.15, 0.2) is 5.76 Å². The van der Waals surface area contributed by atoms with E-state index in [1.54, 1.807) is 36.4 Å². The summed E-state index contributed by atoms with van der Waals surface area (Å²) in [4.78, 5) is 22.5. The Hall–Kier alpha value is -2.92. The Balaban J connectivity index is 2.01. The average Bonchev–Trinajstić information content (AvgIpc) is 3.05. The van der Waals surface area contributed by atoms with Crippen molar-refractivity contribution in [2.24, 2.45) is 0 Å². The van der Waals surface area contributed by atoms with Crippen LogP contribution in [0.25, 0.3) is 12.2 Å². The molecule has 5 nitrogen and oxygen atoms in total. The molecule has 21 heavy (non-hydrogen) atoms. The summed E-state index contributed by atoms with van der Waals surface area (Å²) < 4.78 is 5.00. The SMILES string of the molecule is O=C(C=Cc1ccc(C=CC(=O)c2ccco2)cc1)NO. The number of hydroxylamine groups is 1. The van der Waals surface area contributed by atoms with E-state index in [-0.39, 0.29) is 5.78 Å². The standard InChI is InChI=1S/C16H13NO4/c18-14(15-2-1-11-21-15)9-7-12-3-5-13(6-4-12)8-10-16(19)17-20/h1-11,20H,(H,17,19). The van der Waals surface area contributed by atoms with Crippen molar-refractivity contribution in [3.05, 3.63) is 71.7 Å². The number of hydrogen-bond donors (Lipinski definition) is 2. The van der Waals surface area contributed by atoms with Crippen LogP contribution in [0.2, 0.25) is 0 Å². The van der Waals surface area contributed by atoms with Crippen LogP contribution in [-0.2, 0) is 4.79 Å². The lowest BCUT2D eigenvalue weighted by Crippen LogP contribution is -2.14. The second-order valence-electron chi connectivity index (χ2n) is 4.15. The molecule has 2 N–H and O–H groups in total.